The molecule has 0 aliphatic carbocycles. The lowest BCUT2D eigenvalue weighted by Crippen LogP contribution is -2.47. The Balaban J connectivity index is 4.07. The summed E-state index contributed by atoms with van der Waals surface area (Å²) in [4.78, 5) is 33.0. The number of carboxylic acids is 1. The van der Waals surface area contributed by atoms with Crippen LogP contribution in [-0.4, -0.2) is 42.5 Å². The molecule has 0 rings (SSSR count). The lowest BCUT2D eigenvalue weighted by Gasteiger charge is -2.24. The lowest BCUT2D eigenvalue weighted by molar-refractivity contribution is -0.138. The number of nitrogens with one attached hydrogen (secondary N) is 2. The summed E-state index contributed by atoms with van der Waals surface area (Å²) in [5.41, 5.74) is 4.78. The lowest BCUT2D eigenvalue weighted by atomic mass is 9.87. The maximum Gasteiger partial charge on any atom is 0.322 e. The van der Waals surface area contributed by atoms with E-state index in [2.05, 4.69) is 10.6 Å². The molecule has 0 aromatic carbocycles. The monoisotopic (exact) mass is 245 g/mol. The van der Waals surface area contributed by atoms with E-state index in [1.165, 1.54) is 0 Å². The molecule has 0 radical (unpaired) electrons. The maximum absolute atomic E-state index is 11.7. The average Bonchev–Trinajstić information content (AvgIpc) is 2.32. The summed E-state index contributed by atoms with van der Waals surface area (Å²) in [6.45, 7) is 3.01. The first kappa shape index (κ1) is 15.4. The Labute approximate surface area is 99.7 Å². The van der Waals surface area contributed by atoms with Gasteiger partial charge < -0.3 is 21.5 Å². The molecule has 0 aliphatic heterocycles. The van der Waals surface area contributed by atoms with E-state index in [9.17, 15) is 14.4 Å². The predicted octanol–water partition coefficient (Wildman–Crippen LogP) is -1.32. The maximum atomic E-state index is 11.7. The number of carboxylic acid groups (broad SMARTS) is 1. The van der Waals surface area contributed by atoms with Crippen LogP contribution >= 0.6 is 0 Å². The molecular weight excluding hydrogens is 226 g/mol. The van der Waals surface area contributed by atoms with Crippen LogP contribution in [0, 0.1) is 5.41 Å². The number of amides is 2. The van der Waals surface area contributed by atoms with Gasteiger partial charge in [0.15, 0.2) is 0 Å². The van der Waals surface area contributed by atoms with E-state index >= 15 is 0 Å². The summed E-state index contributed by atoms with van der Waals surface area (Å²) in [6.07, 6.45) is 0.562. The van der Waals surface area contributed by atoms with Crippen molar-refractivity contribution in [3.05, 3.63) is 0 Å². The number of carbonyl (C=O) groups excluding carboxylic acids is 2. The number of hydrogen-bond acceptors (Lipinski definition) is 4. The standard InChI is InChI=1S/C10H19N3O4/c1-3-10(2,6-11)9(17)13-4-7(14)12-5-8(15)16/h3-6,11H2,1-2H3,(H,12,14)(H,13,17)(H,15,16). The molecule has 0 aromatic rings. The van der Waals surface area contributed by atoms with Crippen LogP contribution in [0.15, 0.2) is 0 Å². The summed E-state index contributed by atoms with van der Waals surface area (Å²) in [6, 6.07) is 0. The fraction of sp³-hybridized carbons (Fsp3) is 0.700. The van der Waals surface area contributed by atoms with Crippen LogP contribution in [0.25, 0.3) is 0 Å². The summed E-state index contributed by atoms with van der Waals surface area (Å²) in [5.74, 6) is -1.99. The molecule has 0 saturated carbocycles. The number of carbonyl (C=O) groups is 3. The summed E-state index contributed by atoms with van der Waals surface area (Å²) >= 11 is 0. The van der Waals surface area contributed by atoms with Gasteiger partial charge >= 0.3 is 5.97 Å². The minimum atomic E-state index is -1.13. The van der Waals surface area contributed by atoms with Gasteiger partial charge in [-0.2, -0.15) is 0 Å². The van der Waals surface area contributed by atoms with Crippen molar-refractivity contribution in [1.82, 2.24) is 10.6 Å². The number of aliphatic carboxylic acids is 1. The highest BCUT2D eigenvalue weighted by Crippen LogP contribution is 2.18. The first-order valence-electron chi connectivity index (χ1n) is 5.32. The molecule has 1 atom stereocenters. The molecule has 2 amide bonds. The second-order valence-electron chi connectivity index (χ2n) is 3.97. The Morgan fingerprint density at radius 3 is 2.24 bits per heavy atom. The van der Waals surface area contributed by atoms with Gasteiger partial charge in [-0.15, -0.1) is 0 Å². The van der Waals surface area contributed by atoms with Crippen LogP contribution < -0.4 is 16.4 Å². The molecule has 5 N–H and O–H groups in total. The summed E-state index contributed by atoms with van der Waals surface area (Å²) in [7, 11) is 0. The second-order valence-corrected chi connectivity index (χ2v) is 3.97. The van der Waals surface area contributed by atoms with Gasteiger partial charge in [0.2, 0.25) is 11.8 Å². The smallest absolute Gasteiger partial charge is 0.322 e. The van der Waals surface area contributed by atoms with Crippen LogP contribution in [0.4, 0.5) is 0 Å². The third-order valence-corrected chi connectivity index (χ3v) is 2.63. The van der Waals surface area contributed by atoms with E-state index in [1.54, 1.807) is 6.92 Å². The van der Waals surface area contributed by atoms with Crippen LogP contribution in [0.2, 0.25) is 0 Å². The highest BCUT2D eigenvalue weighted by Gasteiger charge is 2.29. The molecule has 0 fully saturated rings. The fourth-order valence-electron chi connectivity index (χ4n) is 1.01. The first-order valence-corrected chi connectivity index (χ1v) is 5.32. The van der Waals surface area contributed by atoms with Gasteiger partial charge in [-0.3, -0.25) is 14.4 Å². The zero-order valence-corrected chi connectivity index (χ0v) is 10.1. The molecule has 0 spiro atoms. The van der Waals surface area contributed by atoms with Crippen LogP contribution in [-0.2, 0) is 14.4 Å². The molecule has 0 aromatic heterocycles. The van der Waals surface area contributed by atoms with Gasteiger partial charge in [-0.1, -0.05) is 6.92 Å². The molecule has 1 unspecified atom stereocenters. The largest absolute Gasteiger partial charge is 0.480 e. The predicted molar refractivity (Wildman–Crippen MR) is 61.1 cm³/mol. The van der Waals surface area contributed by atoms with Gasteiger partial charge in [0.05, 0.1) is 12.0 Å². The van der Waals surface area contributed by atoms with Crippen LogP contribution in [0.5, 0.6) is 0 Å². The Hall–Kier alpha value is -1.63. The van der Waals surface area contributed by atoms with E-state index in [4.69, 9.17) is 10.8 Å². The van der Waals surface area contributed by atoms with Crippen LogP contribution in [0.3, 0.4) is 0 Å². The quantitative estimate of drug-likeness (QED) is 0.443. The van der Waals surface area contributed by atoms with Crippen molar-refractivity contribution in [2.75, 3.05) is 19.6 Å². The van der Waals surface area contributed by atoms with E-state index in [1.807, 2.05) is 6.92 Å². The zero-order valence-electron chi connectivity index (χ0n) is 10.1. The van der Waals surface area contributed by atoms with E-state index < -0.39 is 23.8 Å². The highest BCUT2D eigenvalue weighted by molar-refractivity contribution is 5.88. The summed E-state index contributed by atoms with van der Waals surface area (Å²) < 4.78 is 0. The fourth-order valence-corrected chi connectivity index (χ4v) is 1.01. The molecule has 0 bridgehead atoms. The van der Waals surface area contributed by atoms with Crippen molar-refractivity contribution >= 4 is 17.8 Å². The topological polar surface area (TPSA) is 122 Å². The summed E-state index contributed by atoms with van der Waals surface area (Å²) in [5, 5.41) is 12.9. The minimum absolute atomic E-state index is 0.187. The molecule has 98 valence electrons. The third kappa shape index (κ3) is 5.30. The molecule has 0 heterocycles. The van der Waals surface area contributed by atoms with Gasteiger partial charge in [-0.05, 0) is 13.3 Å². The molecular formula is C10H19N3O4. The van der Waals surface area contributed by atoms with E-state index in [-0.39, 0.29) is 19.0 Å². The second kappa shape index (κ2) is 6.85. The van der Waals surface area contributed by atoms with E-state index in [0.717, 1.165) is 0 Å². The van der Waals surface area contributed by atoms with Crippen molar-refractivity contribution in [1.29, 1.82) is 0 Å². The molecule has 0 saturated heterocycles. The first-order chi connectivity index (χ1) is 7.85. The van der Waals surface area contributed by atoms with E-state index in [0.29, 0.717) is 6.42 Å². The number of nitrogens with two attached hydrogens (primary N) is 1. The average molecular weight is 245 g/mol. The van der Waals surface area contributed by atoms with Gasteiger partial charge in [-0.25, -0.2) is 0 Å². The minimum Gasteiger partial charge on any atom is -0.480 e. The van der Waals surface area contributed by atoms with Gasteiger partial charge in [0.1, 0.15) is 6.54 Å². The molecule has 7 heteroatoms. The van der Waals surface area contributed by atoms with Crippen molar-refractivity contribution in [2.45, 2.75) is 20.3 Å². The Morgan fingerprint density at radius 2 is 1.82 bits per heavy atom. The zero-order chi connectivity index (χ0) is 13.5. The van der Waals surface area contributed by atoms with Crippen molar-refractivity contribution in [3.8, 4) is 0 Å². The number of hydrogen-bond donors (Lipinski definition) is 4. The Morgan fingerprint density at radius 1 is 1.24 bits per heavy atom. The third-order valence-electron chi connectivity index (χ3n) is 2.63. The SMILES string of the molecule is CCC(C)(CN)C(=O)NCC(=O)NCC(=O)O. The molecule has 17 heavy (non-hydrogen) atoms. The van der Waals surface area contributed by atoms with Crippen molar-refractivity contribution in [2.24, 2.45) is 11.1 Å². The Kier molecular flexibility index (Phi) is 6.19. The normalized spacial score (nSPS) is 13.6. The molecule has 7 nitrogen and oxygen atoms in total. The number of rotatable bonds is 7. The van der Waals surface area contributed by atoms with Gasteiger partial charge in [0, 0.05) is 6.54 Å². The van der Waals surface area contributed by atoms with Crippen molar-refractivity contribution in [3.63, 3.8) is 0 Å². The van der Waals surface area contributed by atoms with Gasteiger partial charge in [0.25, 0.3) is 0 Å². The highest BCUT2D eigenvalue weighted by atomic mass is 16.4. The van der Waals surface area contributed by atoms with Crippen molar-refractivity contribution < 1.29 is 19.5 Å². The Bertz CT molecular complexity index is 300. The van der Waals surface area contributed by atoms with Crippen LogP contribution in [0.1, 0.15) is 20.3 Å². The molecule has 0 aliphatic rings.